The van der Waals surface area contributed by atoms with Gasteiger partial charge in [0.1, 0.15) is 5.76 Å². The standard InChI is InChI=1S/C13H11F3N2O2/c1-2-9-10(11(17)19)18-12(20-9)7-4-3-5-8(6-7)13(14,15)16/h3-6H,2H2,1H3,(H2,17,19). The highest BCUT2D eigenvalue weighted by Gasteiger charge is 2.31. The Labute approximate surface area is 112 Å². The van der Waals surface area contributed by atoms with E-state index < -0.39 is 17.6 Å². The van der Waals surface area contributed by atoms with E-state index in [4.69, 9.17) is 10.2 Å². The van der Waals surface area contributed by atoms with Crippen LogP contribution in [0.1, 0.15) is 28.7 Å². The summed E-state index contributed by atoms with van der Waals surface area (Å²) in [5.74, 6) is -0.574. The summed E-state index contributed by atoms with van der Waals surface area (Å²) in [6.07, 6.45) is -4.09. The maximum atomic E-state index is 12.6. The van der Waals surface area contributed by atoms with E-state index in [0.29, 0.717) is 6.42 Å². The number of benzene rings is 1. The molecule has 1 heterocycles. The molecule has 0 spiro atoms. The van der Waals surface area contributed by atoms with Crippen molar-refractivity contribution in [1.29, 1.82) is 0 Å². The number of primary amides is 1. The molecule has 0 unspecified atom stereocenters. The predicted octanol–water partition coefficient (Wildman–Crippen LogP) is 3.02. The maximum absolute atomic E-state index is 12.6. The minimum atomic E-state index is -4.46. The second kappa shape index (κ2) is 4.99. The van der Waals surface area contributed by atoms with Gasteiger partial charge in [-0.2, -0.15) is 13.2 Å². The van der Waals surface area contributed by atoms with E-state index in [1.54, 1.807) is 6.92 Å². The number of amides is 1. The molecule has 1 amide bonds. The molecule has 0 saturated carbocycles. The fraction of sp³-hybridized carbons (Fsp3) is 0.231. The maximum Gasteiger partial charge on any atom is 0.416 e. The van der Waals surface area contributed by atoms with E-state index in [1.165, 1.54) is 12.1 Å². The number of carbonyl (C=O) groups excluding carboxylic acids is 1. The van der Waals surface area contributed by atoms with E-state index in [0.717, 1.165) is 12.1 Å². The number of carbonyl (C=O) groups is 1. The van der Waals surface area contributed by atoms with Crippen LogP contribution in [0.25, 0.3) is 11.5 Å². The van der Waals surface area contributed by atoms with Gasteiger partial charge in [-0.3, -0.25) is 4.79 Å². The van der Waals surface area contributed by atoms with Crippen molar-refractivity contribution in [3.63, 3.8) is 0 Å². The zero-order chi connectivity index (χ0) is 14.9. The van der Waals surface area contributed by atoms with Crippen LogP contribution in [0.2, 0.25) is 0 Å². The number of halogens is 3. The highest BCUT2D eigenvalue weighted by atomic mass is 19.4. The van der Waals surface area contributed by atoms with Gasteiger partial charge in [0.15, 0.2) is 5.69 Å². The Bertz CT molecular complexity index is 647. The van der Waals surface area contributed by atoms with Crippen molar-refractivity contribution in [2.45, 2.75) is 19.5 Å². The molecule has 0 aliphatic carbocycles. The van der Waals surface area contributed by atoms with Gasteiger partial charge in [-0.05, 0) is 18.2 Å². The van der Waals surface area contributed by atoms with Crippen LogP contribution in [0, 0.1) is 0 Å². The van der Waals surface area contributed by atoms with E-state index in [2.05, 4.69) is 4.98 Å². The normalized spacial score (nSPS) is 11.6. The van der Waals surface area contributed by atoms with E-state index in [-0.39, 0.29) is 22.9 Å². The van der Waals surface area contributed by atoms with Gasteiger partial charge < -0.3 is 10.2 Å². The van der Waals surface area contributed by atoms with Crippen LogP contribution in [0.3, 0.4) is 0 Å². The second-order valence-electron chi connectivity index (χ2n) is 4.09. The number of aromatic nitrogens is 1. The first-order valence-corrected chi connectivity index (χ1v) is 5.80. The number of nitrogens with two attached hydrogens (primary N) is 1. The quantitative estimate of drug-likeness (QED) is 0.941. The fourth-order valence-electron chi connectivity index (χ4n) is 1.74. The van der Waals surface area contributed by atoms with Gasteiger partial charge in [-0.25, -0.2) is 4.98 Å². The van der Waals surface area contributed by atoms with Crippen LogP contribution in [0.15, 0.2) is 28.7 Å². The van der Waals surface area contributed by atoms with Crippen LogP contribution < -0.4 is 5.73 Å². The third-order valence-corrected chi connectivity index (χ3v) is 2.69. The first kappa shape index (κ1) is 14.1. The van der Waals surface area contributed by atoms with Crippen LogP contribution in [-0.2, 0) is 12.6 Å². The average Bonchev–Trinajstić information content (AvgIpc) is 2.82. The molecule has 0 aliphatic heterocycles. The highest BCUT2D eigenvalue weighted by molar-refractivity contribution is 5.92. The van der Waals surface area contributed by atoms with Crippen LogP contribution in [-0.4, -0.2) is 10.9 Å². The molecule has 0 aliphatic rings. The van der Waals surface area contributed by atoms with Crippen molar-refractivity contribution in [1.82, 2.24) is 4.98 Å². The molecule has 0 saturated heterocycles. The Balaban J connectivity index is 2.49. The highest BCUT2D eigenvalue weighted by Crippen LogP contribution is 2.32. The molecular weight excluding hydrogens is 273 g/mol. The Morgan fingerprint density at radius 1 is 1.40 bits per heavy atom. The van der Waals surface area contributed by atoms with Crippen LogP contribution in [0.4, 0.5) is 13.2 Å². The molecule has 7 heteroatoms. The Kier molecular flexibility index (Phi) is 3.52. The monoisotopic (exact) mass is 284 g/mol. The molecule has 0 bridgehead atoms. The lowest BCUT2D eigenvalue weighted by molar-refractivity contribution is -0.137. The summed E-state index contributed by atoms with van der Waals surface area (Å²) in [7, 11) is 0. The first-order chi connectivity index (χ1) is 9.32. The van der Waals surface area contributed by atoms with Crippen LogP contribution in [0.5, 0.6) is 0 Å². The second-order valence-corrected chi connectivity index (χ2v) is 4.09. The number of rotatable bonds is 3. The van der Waals surface area contributed by atoms with Gasteiger partial charge >= 0.3 is 6.18 Å². The lowest BCUT2D eigenvalue weighted by Gasteiger charge is -2.06. The number of nitrogens with zero attached hydrogens (tertiary/aromatic N) is 1. The number of hydrogen-bond donors (Lipinski definition) is 1. The van der Waals surface area contributed by atoms with Gasteiger partial charge in [0.05, 0.1) is 5.56 Å². The molecule has 0 fully saturated rings. The molecule has 106 valence electrons. The Morgan fingerprint density at radius 3 is 2.60 bits per heavy atom. The van der Waals surface area contributed by atoms with Crippen LogP contribution >= 0.6 is 0 Å². The SMILES string of the molecule is CCc1oc(-c2cccc(C(F)(F)F)c2)nc1C(N)=O. The zero-order valence-corrected chi connectivity index (χ0v) is 10.5. The van der Waals surface area contributed by atoms with E-state index >= 15 is 0 Å². The number of hydrogen-bond acceptors (Lipinski definition) is 3. The summed E-state index contributed by atoms with van der Waals surface area (Å²) in [6, 6.07) is 4.53. The number of alkyl halides is 3. The van der Waals surface area contributed by atoms with E-state index in [9.17, 15) is 18.0 Å². The summed E-state index contributed by atoms with van der Waals surface area (Å²) < 4.78 is 43.2. The topological polar surface area (TPSA) is 69.1 Å². The number of aryl methyl sites for hydroxylation is 1. The smallest absolute Gasteiger partial charge is 0.416 e. The van der Waals surface area contributed by atoms with Gasteiger partial charge in [0, 0.05) is 12.0 Å². The summed E-state index contributed by atoms with van der Waals surface area (Å²) in [5, 5.41) is 0. The molecule has 1 aromatic carbocycles. The lowest BCUT2D eigenvalue weighted by Crippen LogP contribution is -2.13. The molecule has 0 radical (unpaired) electrons. The zero-order valence-electron chi connectivity index (χ0n) is 10.5. The summed E-state index contributed by atoms with van der Waals surface area (Å²) in [4.78, 5) is 15.0. The summed E-state index contributed by atoms with van der Waals surface area (Å²) in [6.45, 7) is 1.73. The Hall–Kier alpha value is -2.31. The molecule has 2 aromatic rings. The molecule has 20 heavy (non-hydrogen) atoms. The number of oxazole rings is 1. The van der Waals surface area contributed by atoms with Crippen molar-refractivity contribution >= 4 is 5.91 Å². The largest absolute Gasteiger partial charge is 0.440 e. The molecule has 2 rings (SSSR count). The third-order valence-electron chi connectivity index (χ3n) is 2.69. The van der Waals surface area contributed by atoms with Crippen molar-refractivity contribution < 1.29 is 22.4 Å². The van der Waals surface area contributed by atoms with Crippen molar-refractivity contribution in [3.05, 3.63) is 41.3 Å². The summed E-state index contributed by atoms with van der Waals surface area (Å²) in [5.41, 5.74) is 4.41. The summed E-state index contributed by atoms with van der Waals surface area (Å²) >= 11 is 0. The molecular formula is C13H11F3N2O2. The minimum Gasteiger partial charge on any atom is -0.440 e. The Morgan fingerprint density at radius 2 is 2.10 bits per heavy atom. The van der Waals surface area contributed by atoms with Crippen molar-refractivity contribution in [2.24, 2.45) is 5.73 Å². The van der Waals surface area contributed by atoms with Gasteiger partial charge in [0.2, 0.25) is 5.89 Å². The first-order valence-electron chi connectivity index (χ1n) is 5.80. The predicted molar refractivity (Wildman–Crippen MR) is 64.8 cm³/mol. The lowest BCUT2D eigenvalue weighted by atomic mass is 10.1. The molecule has 4 nitrogen and oxygen atoms in total. The van der Waals surface area contributed by atoms with Crippen molar-refractivity contribution in [3.8, 4) is 11.5 Å². The van der Waals surface area contributed by atoms with Crippen molar-refractivity contribution in [2.75, 3.05) is 0 Å². The van der Waals surface area contributed by atoms with Gasteiger partial charge in [-0.1, -0.05) is 13.0 Å². The molecule has 1 aromatic heterocycles. The van der Waals surface area contributed by atoms with Gasteiger partial charge in [0.25, 0.3) is 5.91 Å². The van der Waals surface area contributed by atoms with E-state index in [1.807, 2.05) is 0 Å². The molecule has 0 atom stereocenters. The average molecular weight is 284 g/mol. The third kappa shape index (κ3) is 2.66. The minimum absolute atomic E-state index is 0.0539. The molecule has 2 N–H and O–H groups in total. The van der Waals surface area contributed by atoms with Gasteiger partial charge in [-0.15, -0.1) is 0 Å². The fourth-order valence-corrected chi connectivity index (χ4v) is 1.74.